The molecular formula is C20H25N3OS. The van der Waals surface area contributed by atoms with Crippen molar-refractivity contribution in [3.8, 4) is 0 Å². The summed E-state index contributed by atoms with van der Waals surface area (Å²) in [5.74, 6) is -0.0343. The zero-order valence-electron chi connectivity index (χ0n) is 15.5. The maximum Gasteiger partial charge on any atom is 0.237 e. The predicted molar refractivity (Wildman–Crippen MR) is 106 cm³/mol. The summed E-state index contributed by atoms with van der Waals surface area (Å²) in [7, 11) is 3.96. The number of aromatic nitrogens is 1. The molecule has 2 aromatic rings. The maximum absolute atomic E-state index is 13.2. The Hall–Kier alpha value is -2.27. The van der Waals surface area contributed by atoms with Gasteiger partial charge in [-0.05, 0) is 43.0 Å². The number of pyridine rings is 1. The number of rotatable bonds is 6. The number of carbonyl (C=O) groups is 1. The van der Waals surface area contributed by atoms with Crippen LogP contribution in [0.15, 0.2) is 47.7 Å². The number of hydrogen-bond acceptors (Lipinski definition) is 4. The van der Waals surface area contributed by atoms with E-state index in [1.807, 2.05) is 87.1 Å². The van der Waals surface area contributed by atoms with E-state index in [9.17, 15) is 4.79 Å². The van der Waals surface area contributed by atoms with Crippen LogP contribution in [0.3, 0.4) is 0 Å². The monoisotopic (exact) mass is 355 g/mol. The lowest BCUT2D eigenvalue weighted by atomic mass is 9.99. The van der Waals surface area contributed by atoms with Gasteiger partial charge in [0.2, 0.25) is 11.8 Å². The van der Waals surface area contributed by atoms with Gasteiger partial charge in [-0.25, -0.2) is 0 Å². The molecule has 25 heavy (non-hydrogen) atoms. The third-order valence-electron chi connectivity index (χ3n) is 4.24. The summed E-state index contributed by atoms with van der Waals surface area (Å²) in [6.45, 7) is 6.53. The molecule has 0 aliphatic carbocycles. The number of hydrogen-bond donors (Lipinski definition) is 0. The molecule has 0 fully saturated rings. The van der Waals surface area contributed by atoms with Crippen molar-refractivity contribution in [2.45, 2.75) is 26.8 Å². The number of anilines is 1. The van der Waals surface area contributed by atoms with E-state index in [0.29, 0.717) is 17.2 Å². The molecule has 0 spiro atoms. The quantitative estimate of drug-likeness (QED) is 0.263. The summed E-state index contributed by atoms with van der Waals surface area (Å²) in [6.07, 6.45) is 3.77. The molecule has 2 rings (SSSR count). The number of benzene rings is 1. The second-order valence-corrected chi connectivity index (χ2v) is 6.69. The van der Waals surface area contributed by atoms with E-state index in [2.05, 4.69) is 4.99 Å². The Kier molecular flexibility index (Phi) is 6.26. The van der Waals surface area contributed by atoms with Crippen LogP contribution in [0.25, 0.3) is 0 Å². The highest BCUT2D eigenvalue weighted by molar-refractivity contribution is 7.77. The van der Waals surface area contributed by atoms with Crippen LogP contribution in [0.4, 0.5) is 5.69 Å². The lowest BCUT2D eigenvalue weighted by Gasteiger charge is -2.19. The van der Waals surface area contributed by atoms with Crippen molar-refractivity contribution in [1.29, 1.82) is 0 Å². The van der Waals surface area contributed by atoms with E-state index < -0.39 is 6.04 Å². The Morgan fingerprint density at radius 1 is 1.16 bits per heavy atom. The van der Waals surface area contributed by atoms with E-state index in [-0.39, 0.29) is 5.78 Å². The van der Waals surface area contributed by atoms with Crippen LogP contribution in [0, 0.1) is 13.8 Å². The maximum atomic E-state index is 13.2. The molecule has 132 valence electrons. The van der Waals surface area contributed by atoms with Crippen LogP contribution in [0.2, 0.25) is 0 Å². The predicted octanol–water partition coefficient (Wildman–Crippen LogP) is 3.05. The number of aliphatic imine (C=N–C) groups is 1. The molecule has 0 radical (unpaired) electrons. The number of nitrogens with zero attached hydrogens (tertiary/aromatic N) is 3. The summed E-state index contributed by atoms with van der Waals surface area (Å²) < 4.78 is 1.84. The van der Waals surface area contributed by atoms with Gasteiger partial charge < -0.3 is 22.5 Å². The lowest BCUT2D eigenvalue weighted by Crippen LogP contribution is -2.47. The van der Waals surface area contributed by atoms with Crippen molar-refractivity contribution in [2.75, 3.05) is 25.5 Å². The Labute approximate surface area is 155 Å². The van der Waals surface area contributed by atoms with E-state index in [4.69, 9.17) is 12.6 Å². The molecule has 0 aliphatic heterocycles. The van der Waals surface area contributed by atoms with E-state index in [1.54, 1.807) is 0 Å². The minimum absolute atomic E-state index is 0.0343. The topological polar surface area (TPSA) is 36.6 Å². The van der Waals surface area contributed by atoms with E-state index in [1.165, 1.54) is 0 Å². The molecule has 1 aromatic heterocycles. The van der Waals surface area contributed by atoms with Crippen molar-refractivity contribution in [3.63, 3.8) is 0 Å². The number of ketones is 1. The fourth-order valence-corrected chi connectivity index (χ4v) is 2.93. The fourth-order valence-electron chi connectivity index (χ4n) is 2.57. The summed E-state index contributed by atoms with van der Waals surface area (Å²) >= 11 is 5.46. The summed E-state index contributed by atoms with van der Waals surface area (Å²) in [5.41, 5.74) is 3.98. The molecule has 0 N–H and O–H groups in total. The highest BCUT2D eigenvalue weighted by Gasteiger charge is 2.28. The van der Waals surface area contributed by atoms with Gasteiger partial charge in [-0.2, -0.15) is 4.57 Å². The second kappa shape index (κ2) is 8.21. The van der Waals surface area contributed by atoms with Gasteiger partial charge in [-0.3, -0.25) is 4.79 Å². The first-order chi connectivity index (χ1) is 11.8. The van der Waals surface area contributed by atoms with Gasteiger partial charge in [0.05, 0.1) is 0 Å². The first-order valence-electron chi connectivity index (χ1n) is 8.36. The Morgan fingerprint density at radius 3 is 2.32 bits per heavy atom. The van der Waals surface area contributed by atoms with Gasteiger partial charge in [0, 0.05) is 44.0 Å². The van der Waals surface area contributed by atoms with Gasteiger partial charge >= 0.3 is 0 Å². The summed E-state index contributed by atoms with van der Waals surface area (Å²) in [6, 6.07) is 9.09. The SMILES string of the molecule is CCN=C([S-])C(C(=O)c1ccc(C)c(C)c1)[n+]1ccc(N(C)C)cc1. The van der Waals surface area contributed by atoms with Crippen LogP contribution in [0.5, 0.6) is 0 Å². The Morgan fingerprint density at radius 2 is 1.80 bits per heavy atom. The van der Waals surface area contributed by atoms with Gasteiger partial charge in [0.25, 0.3) is 0 Å². The zero-order chi connectivity index (χ0) is 18.6. The first kappa shape index (κ1) is 19.1. The van der Waals surface area contributed by atoms with E-state index in [0.717, 1.165) is 16.8 Å². The minimum Gasteiger partial charge on any atom is -0.758 e. The molecule has 1 aromatic carbocycles. The molecule has 1 heterocycles. The third-order valence-corrected chi connectivity index (χ3v) is 4.59. The van der Waals surface area contributed by atoms with Gasteiger partial charge in [0.1, 0.15) is 0 Å². The van der Waals surface area contributed by atoms with Crippen molar-refractivity contribution >= 4 is 29.1 Å². The molecular weight excluding hydrogens is 330 g/mol. The number of carbonyl (C=O) groups excluding carboxylic acids is 1. The standard InChI is InChI=1S/C20H25N3OS/c1-6-21-20(25)18(23-11-9-17(10-12-23)22(4)5)19(24)16-8-7-14(2)15(3)13-16/h7-13,18H,6H2,1-5H3. The molecule has 1 atom stereocenters. The molecule has 0 saturated heterocycles. The highest BCUT2D eigenvalue weighted by atomic mass is 32.1. The van der Waals surface area contributed by atoms with Crippen LogP contribution in [-0.4, -0.2) is 31.5 Å². The Balaban J connectivity index is 2.46. The summed E-state index contributed by atoms with van der Waals surface area (Å²) in [5, 5.41) is 0.410. The molecule has 0 aliphatic rings. The molecule has 5 heteroatoms. The molecule has 4 nitrogen and oxygen atoms in total. The summed E-state index contributed by atoms with van der Waals surface area (Å²) in [4.78, 5) is 19.5. The van der Waals surface area contributed by atoms with Gasteiger partial charge in [-0.15, -0.1) is 0 Å². The average Bonchev–Trinajstić information content (AvgIpc) is 2.58. The van der Waals surface area contributed by atoms with Gasteiger partial charge in [0.15, 0.2) is 12.4 Å². The zero-order valence-corrected chi connectivity index (χ0v) is 16.3. The molecule has 0 bridgehead atoms. The highest BCUT2D eigenvalue weighted by Crippen LogP contribution is 2.16. The smallest absolute Gasteiger partial charge is 0.237 e. The van der Waals surface area contributed by atoms with Gasteiger partial charge in [-0.1, -0.05) is 12.1 Å². The number of Topliss-reactive ketones (excluding diaryl/α,β-unsaturated/α-hetero) is 1. The van der Waals surface area contributed by atoms with E-state index >= 15 is 0 Å². The fraction of sp³-hybridized carbons (Fsp3) is 0.350. The second-order valence-electron chi connectivity index (χ2n) is 6.28. The van der Waals surface area contributed by atoms with Crippen LogP contribution < -0.4 is 9.47 Å². The largest absolute Gasteiger partial charge is 0.758 e. The van der Waals surface area contributed by atoms with Crippen molar-refractivity contribution in [2.24, 2.45) is 4.99 Å². The lowest BCUT2D eigenvalue weighted by molar-refractivity contribution is -0.691. The normalized spacial score (nSPS) is 12.8. The van der Waals surface area contributed by atoms with Crippen molar-refractivity contribution < 1.29 is 9.36 Å². The third kappa shape index (κ3) is 4.42. The van der Waals surface area contributed by atoms with Crippen molar-refractivity contribution in [1.82, 2.24) is 0 Å². The van der Waals surface area contributed by atoms with Crippen molar-refractivity contribution in [3.05, 3.63) is 59.4 Å². The minimum atomic E-state index is -0.603. The van der Waals surface area contributed by atoms with Crippen LogP contribution in [0.1, 0.15) is 34.5 Å². The van der Waals surface area contributed by atoms with Crippen LogP contribution in [-0.2, 0) is 12.6 Å². The molecule has 1 unspecified atom stereocenters. The molecule has 0 amide bonds. The average molecular weight is 356 g/mol. The molecule has 0 saturated carbocycles. The van der Waals surface area contributed by atoms with Crippen LogP contribution >= 0.6 is 0 Å². The Bertz CT molecular complexity index is 782. The number of aryl methyl sites for hydroxylation is 2. The first-order valence-corrected chi connectivity index (χ1v) is 8.77.